The average molecular weight is 354 g/mol. The molecule has 0 atom stereocenters. The molecular formula is C20H26N4O2. The molecule has 0 saturated carbocycles. The van der Waals surface area contributed by atoms with Gasteiger partial charge in [-0.15, -0.1) is 0 Å². The van der Waals surface area contributed by atoms with Gasteiger partial charge in [0, 0.05) is 19.2 Å². The molecule has 0 bridgehead atoms. The predicted octanol–water partition coefficient (Wildman–Crippen LogP) is 3.35. The third-order valence-electron chi connectivity index (χ3n) is 4.94. The minimum atomic E-state index is -0.233. The van der Waals surface area contributed by atoms with Gasteiger partial charge >= 0.3 is 0 Å². The number of ether oxygens (including phenoxy) is 1. The molecule has 1 aromatic carbocycles. The molecule has 6 nitrogen and oxygen atoms in total. The largest absolute Gasteiger partial charge is 0.483 e. The molecule has 1 aliphatic heterocycles. The van der Waals surface area contributed by atoms with E-state index in [-0.39, 0.29) is 12.5 Å². The second kappa shape index (κ2) is 8.17. The number of anilines is 2. The maximum Gasteiger partial charge on any atom is 0.263 e. The lowest BCUT2D eigenvalue weighted by atomic mass is 9.99. The fourth-order valence-corrected chi connectivity index (χ4v) is 3.03. The van der Waals surface area contributed by atoms with Crippen LogP contribution in [0.15, 0.2) is 30.6 Å². The van der Waals surface area contributed by atoms with E-state index in [9.17, 15) is 4.79 Å². The van der Waals surface area contributed by atoms with Crippen molar-refractivity contribution in [2.24, 2.45) is 5.92 Å². The van der Waals surface area contributed by atoms with Crippen molar-refractivity contribution in [3.8, 4) is 5.75 Å². The molecule has 26 heavy (non-hydrogen) atoms. The smallest absolute Gasteiger partial charge is 0.263 e. The predicted molar refractivity (Wildman–Crippen MR) is 103 cm³/mol. The van der Waals surface area contributed by atoms with E-state index in [2.05, 4.69) is 27.1 Å². The summed E-state index contributed by atoms with van der Waals surface area (Å²) in [5.41, 5.74) is 2.18. The lowest BCUT2D eigenvalue weighted by Gasteiger charge is -2.31. The summed E-state index contributed by atoms with van der Waals surface area (Å²) in [5.74, 6) is 2.61. The maximum atomic E-state index is 12.2. The Bertz CT molecular complexity index is 770. The first-order valence-corrected chi connectivity index (χ1v) is 9.09. The zero-order valence-corrected chi connectivity index (χ0v) is 15.7. The van der Waals surface area contributed by atoms with Crippen LogP contribution in [0.5, 0.6) is 5.75 Å². The molecule has 1 saturated heterocycles. The Morgan fingerprint density at radius 2 is 2.04 bits per heavy atom. The summed E-state index contributed by atoms with van der Waals surface area (Å²) in [6, 6.07) is 7.64. The summed E-state index contributed by atoms with van der Waals surface area (Å²) in [6.07, 6.45) is 3.82. The van der Waals surface area contributed by atoms with Crippen LogP contribution in [0.4, 0.5) is 11.6 Å². The van der Waals surface area contributed by atoms with E-state index in [0.29, 0.717) is 5.82 Å². The number of nitrogens with one attached hydrogen (secondary N) is 1. The van der Waals surface area contributed by atoms with Crippen LogP contribution >= 0.6 is 0 Å². The summed E-state index contributed by atoms with van der Waals surface area (Å²) < 4.78 is 5.64. The maximum absolute atomic E-state index is 12.2. The Morgan fingerprint density at radius 3 is 2.81 bits per heavy atom. The van der Waals surface area contributed by atoms with Crippen molar-refractivity contribution < 1.29 is 9.53 Å². The second-order valence-electron chi connectivity index (χ2n) is 6.97. The van der Waals surface area contributed by atoms with Crippen molar-refractivity contribution in [2.45, 2.75) is 33.6 Å². The highest BCUT2D eigenvalue weighted by atomic mass is 16.5. The first-order valence-electron chi connectivity index (χ1n) is 9.09. The van der Waals surface area contributed by atoms with E-state index in [1.165, 1.54) is 6.33 Å². The molecule has 6 heteroatoms. The average Bonchev–Trinajstić information content (AvgIpc) is 2.64. The number of aryl methyl sites for hydroxylation is 1. The first kappa shape index (κ1) is 18.2. The van der Waals surface area contributed by atoms with Crippen LogP contribution in [0.1, 0.15) is 30.9 Å². The van der Waals surface area contributed by atoms with Gasteiger partial charge in [0.2, 0.25) is 0 Å². The number of amides is 1. The third kappa shape index (κ3) is 4.50. The highest BCUT2D eigenvalue weighted by Gasteiger charge is 2.17. The highest BCUT2D eigenvalue weighted by molar-refractivity contribution is 5.91. The molecule has 1 N–H and O–H groups in total. The van der Waals surface area contributed by atoms with Crippen LogP contribution in [0.2, 0.25) is 0 Å². The second-order valence-corrected chi connectivity index (χ2v) is 6.97. The fraction of sp³-hybridized carbons (Fsp3) is 0.450. The van der Waals surface area contributed by atoms with Crippen LogP contribution < -0.4 is 15.0 Å². The monoisotopic (exact) mass is 354 g/mol. The third-order valence-corrected chi connectivity index (χ3v) is 4.94. The number of aromatic nitrogens is 2. The van der Waals surface area contributed by atoms with E-state index >= 15 is 0 Å². The Kier molecular flexibility index (Phi) is 5.71. The zero-order valence-electron chi connectivity index (χ0n) is 15.7. The van der Waals surface area contributed by atoms with Gasteiger partial charge in [-0.2, -0.15) is 0 Å². The van der Waals surface area contributed by atoms with E-state index in [0.717, 1.165) is 54.5 Å². The summed E-state index contributed by atoms with van der Waals surface area (Å²) in [4.78, 5) is 22.9. The van der Waals surface area contributed by atoms with Gasteiger partial charge in [0.1, 0.15) is 23.7 Å². The molecule has 0 aliphatic carbocycles. The Labute approximate surface area is 154 Å². The van der Waals surface area contributed by atoms with E-state index in [1.807, 2.05) is 38.1 Å². The molecular weight excluding hydrogens is 328 g/mol. The van der Waals surface area contributed by atoms with Crippen LogP contribution in [0.25, 0.3) is 0 Å². The molecule has 1 aromatic heterocycles. The van der Waals surface area contributed by atoms with Crippen molar-refractivity contribution in [1.82, 2.24) is 9.97 Å². The molecule has 0 spiro atoms. The molecule has 2 heterocycles. The Morgan fingerprint density at radius 1 is 1.27 bits per heavy atom. The van der Waals surface area contributed by atoms with Crippen molar-refractivity contribution in [3.63, 3.8) is 0 Å². The molecule has 2 aromatic rings. The first-order chi connectivity index (χ1) is 12.5. The fourth-order valence-electron chi connectivity index (χ4n) is 3.03. The molecule has 0 radical (unpaired) electrons. The van der Waals surface area contributed by atoms with Gasteiger partial charge < -0.3 is 15.0 Å². The molecule has 0 unspecified atom stereocenters. The van der Waals surface area contributed by atoms with Crippen LogP contribution in [0, 0.1) is 19.8 Å². The molecule has 138 valence electrons. The number of piperidine rings is 1. The Hall–Kier alpha value is -2.63. The number of nitrogens with zero attached hydrogens (tertiary/aromatic N) is 3. The SMILES string of the molecule is Cc1cccc(OCC(=O)Nc2cc(N3CCC(C)CC3)ncn2)c1C. The van der Waals surface area contributed by atoms with Crippen LogP contribution in [-0.2, 0) is 4.79 Å². The number of hydrogen-bond acceptors (Lipinski definition) is 5. The van der Waals surface area contributed by atoms with Gasteiger partial charge in [-0.25, -0.2) is 9.97 Å². The van der Waals surface area contributed by atoms with Gasteiger partial charge in [0.25, 0.3) is 5.91 Å². The molecule has 3 rings (SSSR count). The van der Waals surface area contributed by atoms with E-state index in [4.69, 9.17) is 4.74 Å². The molecule has 1 amide bonds. The number of rotatable bonds is 5. The van der Waals surface area contributed by atoms with E-state index in [1.54, 1.807) is 0 Å². The summed E-state index contributed by atoms with van der Waals surface area (Å²) in [6.45, 7) is 8.21. The number of benzene rings is 1. The molecule has 1 fully saturated rings. The zero-order chi connectivity index (χ0) is 18.5. The van der Waals surface area contributed by atoms with Gasteiger partial charge in [0.05, 0.1) is 0 Å². The minimum absolute atomic E-state index is 0.0507. The summed E-state index contributed by atoms with van der Waals surface area (Å²) in [7, 11) is 0. The van der Waals surface area contributed by atoms with Gasteiger partial charge in [-0.05, 0) is 49.8 Å². The van der Waals surface area contributed by atoms with Crippen LogP contribution in [0.3, 0.4) is 0 Å². The molecule has 1 aliphatic rings. The lowest BCUT2D eigenvalue weighted by Crippen LogP contribution is -2.33. The van der Waals surface area contributed by atoms with Gasteiger partial charge in [-0.1, -0.05) is 19.1 Å². The quantitative estimate of drug-likeness (QED) is 0.892. The topological polar surface area (TPSA) is 67.3 Å². The van der Waals surface area contributed by atoms with Crippen molar-refractivity contribution in [3.05, 3.63) is 41.7 Å². The normalized spacial score (nSPS) is 15.0. The standard InChI is InChI=1S/C20H26N4O2/c1-14-7-9-24(10-8-14)19-11-18(21-13-22-19)23-20(25)12-26-17-6-4-5-15(2)16(17)3/h4-6,11,13-14H,7-10,12H2,1-3H3,(H,21,22,23,25). The van der Waals surface area contributed by atoms with Gasteiger partial charge in [0.15, 0.2) is 6.61 Å². The lowest BCUT2D eigenvalue weighted by molar-refractivity contribution is -0.118. The van der Waals surface area contributed by atoms with Crippen molar-refractivity contribution in [1.29, 1.82) is 0 Å². The van der Waals surface area contributed by atoms with Crippen LogP contribution in [-0.4, -0.2) is 35.6 Å². The minimum Gasteiger partial charge on any atom is -0.483 e. The van der Waals surface area contributed by atoms with Crippen molar-refractivity contribution in [2.75, 3.05) is 29.9 Å². The summed E-state index contributed by atoms with van der Waals surface area (Å²) in [5, 5.41) is 2.79. The number of carbonyl (C=O) groups is 1. The summed E-state index contributed by atoms with van der Waals surface area (Å²) >= 11 is 0. The van der Waals surface area contributed by atoms with Gasteiger partial charge in [-0.3, -0.25) is 4.79 Å². The van der Waals surface area contributed by atoms with E-state index < -0.39 is 0 Å². The van der Waals surface area contributed by atoms with Crippen molar-refractivity contribution >= 4 is 17.5 Å². The number of hydrogen-bond donors (Lipinski definition) is 1. The Balaban J connectivity index is 1.57. The highest BCUT2D eigenvalue weighted by Crippen LogP contribution is 2.23. The number of carbonyl (C=O) groups excluding carboxylic acids is 1.